The van der Waals surface area contributed by atoms with Gasteiger partial charge in [-0.3, -0.25) is 0 Å². The van der Waals surface area contributed by atoms with Crippen LogP contribution in [0.1, 0.15) is 6.92 Å². The molecule has 14 heavy (non-hydrogen) atoms. The molecule has 0 radical (unpaired) electrons. The fourth-order valence-corrected chi connectivity index (χ4v) is 1.64. The van der Waals surface area contributed by atoms with Gasteiger partial charge in [-0.15, -0.1) is 0 Å². The Kier molecular flexibility index (Phi) is 2.04. The van der Waals surface area contributed by atoms with Crippen molar-refractivity contribution in [1.29, 1.82) is 0 Å². The lowest BCUT2D eigenvalue weighted by Crippen LogP contribution is -2.00. The molecule has 0 spiro atoms. The van der Waals surface area contributed by atoms with Crippen molar-refractivity contribution in [2.75, 3.05) is 18.1 Å². The number of aromatic nitrogens is 2. The van der Waals surface area contributed by atoms with Gasteiger partial charge in [-0.25, -0.2) is 4.98 Å². The molecule has 4 heteroatoms. The van der Waals surface area contributed by atoms with Crippen molar-refractivity contribution in [3.63, 3.8) is 0 Å². The van der Waals surface area contributed by atoms with Gasteiger partial charge < -0.3 is 15.6 Å². The zero-order chi connectivity index (χ0) is 10.1. The van der Waals surface area contributed by atoms with E-state index in [1.54, 1.807) is 0 Å². The van der Waals surface area contributed by atoms with Crippen LogP contribution in [0.2, 0.25) is 0 Å². The first-order chi connectivity index (χ1) is 6.76. The van der Waals surface area contributed by atoms with Crippen LogP contribution in [0.3, 0.4) is 0 Å². The number of nitrogens with one attached hydrogen (secondary N) is 1. The summed E-state index contributed by atoms with van der Waals surface area (Å²) in [5.74, 6) is 0.579. The third kappa shape index (κ3) is 1.19. The molecule has 2 aromatic rings. The minimum atomic E-state index is 0.579. The van der Waals surface area contributed by atoms with E-state index in [0.717, 1.165) is 23.3 Å². The first-order valence-corrected chi connectivity index (χ1v) is 4.69. The number of anilines is 2. The average molecular weight is 190 g/mol. The van der Waals surface area contributed by atoms with Crippen LogP contribution in [0.25, 0.3) is 11.0 Å². The Morgan fingerprint density at radius 1 is 1.50 bits per heavy atom. The number of imidazole rings is 1. The molecular formula is C10H14N4. The van der Waals surface area contributed by atoms with Gasteiger partial charge in [0.25, 0.3) is 0 Å². The molecular weight excluding hydrogens is 176 g/mol. The van der Waals surface area contributed by atoms with Gasteiger partial charge in [0, 0.05) is 19.3 Å². The van der Waals surface area contributed by atoms with Crippen LogP contribution < -0.4 is 11.1 Å². The van der Waals surface area contributed by atoms with E-state index < -0.39 is 0 Å². The second-order valence-corrected chi connectivity index (χ2v) is 3.17. The maximum Gasteiger partial charge on any atom is 0.201 e. The van der Waals surface area contributed by atoms with E-state index >= 15 is 0 Å². The SMILES string of the molecule is CCn1c(N)nc2cc(NC)ccc21. The van der Waals surface area contributed by atoms with Crippen molar-refractivity contribution in [3.05, 3.63) is 18.2 Å². The number of fused-ring (bicyclic) bond motifs is 1. The summed E-state index contributed by atoms with van der Waals surface area (Å²) in [7, 11) is 1.89. The molecule has 0 aliphatic heterocycles. The molecule has 0 unspecified atom stereocenters. The van der Waals surface area contributed by atoms with E-state index in [9.17, 15) is 0 Å². The molecule has 4 nitrogen and oxygen atoms in total. The van der Waals surface area contributed by atoms with Crippen molar-refractivity contribution in [3.8, 4) is 0 Å². The van der Waals surface area contributed by atoms with Crippen LogP contribution in [0.4, 0.5) is 11.6 Å². The van der Waals surface area contributed by atoms with Gasteiger partial charge in [-0.1, -0.05) is 0 Å². The topological polar surface area (TPSA) is 55.9 Å². The van der Waals surface area contributed by atoms with Gasteiger partial charge in [-0.05, 0) is 25.1 Å². The lowest BCUT2D eigenvalue weighted by atomic mass is 10.3. The van der Waals surface area contributed by atoms with E-state index in [4.69, 9.17) is 5.73 Å². The van der Waals surface area contributed by atoms with E-state index in [-0.39, 0.29) is 0 Å². The summed E-state index contributed by atoms with van der Waals surface area (Å²) < 4.78 is 1.99. The van der Waals surface area contributed by atoms with Gasteiger partial charge >= 0.3 is 0 Å². The van der Waals surface area contributed by atoms with Gasteiger partial charge in [0.2, 0.25) is 5.95 Å². The van der Waals surface area contributed by atoms with Crippen molar-refractivity contribution in [1.82, 2.24) is 9.55 Å². The summed E-state index contributed by atoms with van der Waals surface area (Å²) in [6, 6.07) is 6.06. The highest BCUT2D eigenvalue weighted by Gasteiger charge is 2.06. The van der Waals surface area contributed by atoms with E-state index in [2.05, 4.69) is 17.2 Å². The molecule has 1 heterocycles. The third-order valence-corrected chi connectivity index (χ3v) is 2.38. The van der Waals surface area contributed by atoms with E-state index in [0.29, 0.717) is 5.95 Å². The summed E-state index contributed by atoms with van der Waals surface area (Å²) in [6.07, 6.45) is 0. The number of aryl methyl sites for hydroxylation is 1. The quantitative estimate of drug-likeness (QED) is 0.757. The number of nitrogens with two attached hydrogens (primary N) is 1. The summed E-state index contributed by atoms with van der Waals surface area (Å²) in [5.41, 5.74) is 8.87. The number of nitrogens with zero attached hydrogens (tertiary/aromatic N) is 2. The molecule has 3 N–H and O–H groups in total. The van der Waals surface area contributed by atoms with E-state index in [1.807, 2.05) is 29.8 Å². The molecule has 0 bridgehead atoms. The molecule has 1 aromatic carbocycles. The highest BCUT2D eigenvalue weighted by atomic mass is 15.1. The normalized spacial score (nSPS) is 10.7. The maximum atomic E-state index is 5.79. The van der Waals surface area contributed by atoms with Crippen molar-refractivity contribution in [2.45, 2.75) is 13.5 Å². The lowest BCUT2D eigenvalue weighted by molar-refractivity contribution is 0.800. The number of rotatable bonds is 2. The van der Waals surface area contributed by atoms with Gasteiger partial charge in [0.05, 0.1) is 11.0 Å². The molecule has 0 atom stereocenters. The highest BCUT2D eigenvalue weighted by Crippen LogP contribution is 2.21. The van der Waals surface area contributed by atoms with Gasteiger partial charge in [0.1, 0.15) is 0 Å². The monoisotopic (exact) mass is 190 g/mol. The van der Waals surface area contributed by atoms with Gasteiger partial charge in [-0.2, -0.15) is 0 Å². The second-order valence-electron chi connectivity index (χ2n) is 3.17. The van der Waals surface area contributed by atoms with Crippen LogP contribution >= 0.6 is 0 Å². The van der Waals surface area contributed by atoms with Crippen LogP contribution in [-0.4, -0.2) is 16.6 Å². The van der Waals surface area contributed by atoms with Crippen LogP contribution in [0, 0.1) is 0 Å². The molecule has 74 valence electrons. The molecule has 0 amide bonds. The zero-order valence-electron chi connectivity index (χ0n) is 8.41. The van der Waals surface area contributed by atoms with Crippen molar-refractivity contribution in [2.24, 2.45) is 0 Å². The maximum absolute atomic E-state index is 5.79. The fraction of sp³-hybridized carbons (Fsp3) is 0.300. The Morgan fingerprint density at radius 3 is 2.93 bits per heavy atom. The Labute approximate surface area is 82.7 Å². The average Bonchev–Trinajstić information content (AvgIpc) is 2.51. The number of hydrogen-bond acceptors (Lipinski definition) is 3. The molecule has 1 aromatic heterocycles. The molecule has 2 rings (SSSR count). The predicted octanol–water partition coefficient (Wildman–Crippen LogP) is 1.68. The fourth-order valence-electron chi connectivity index (χ4n) is 1.64. The largest absolute Gasteiger partial charge is 0.388 e. The van der Waals surface area contributed by atoms with E-state index in [1.165, 1.54) is 0 Å². The number of hydrogen-bond donors (Lipinski definition) is 2. The second kappa shape index (κ2) is 3.21. The first kappa shape index (κ1) is 8.87. The van der Waals surface area contributed by atoms with Crippen LogP contribution in [-0.2, 0) is 6.54 Å². The van der Waals surface area contributed by atoms with Crippen LogP contribution in [0.5, 0.6) is 0 Å². The zero-order valence-corrected chi connectivity index (χ0v) is 8.41. The molecule has 0 saturated heterocycles. The molecule has 0 saturated carbocycles. The summed E-state index contributed by atoms with van der Waals surface area (Å²) in [5, 5.41) is 3.08. The lowest BCUT2D eigenvalue weighted by Gasteiger charge is -2.02. The summed E-state index contributed by atoms with van der Waals surface area (Å²) in [4.78, 5) is 4.29. The minimum Gasteiger partial charge on any atom is -0.388 e. The highest BCUT2D eigenvalue weighted by molar-refractivity contribution is 5.81. The van der Waals surface area contributed by atoms with Gasteiger partial charge in [0.15, 0.2) is 0 Å². The Hall–Kier alpha value is -1.71. The molecule has 0 aliphatic rings. The standard InChI is InChI=1S/C10H14N4/c1-3-14-9-5-4-7(12-2)6-8(9)13-10(14)11/h4-6,12H,3H2,1-2H3,(H2,11,13). The minimum absolute atomic E-state index is 0.579. The van der Waals surface area contributed by atoms with Crippen molar-refractivity contribution < 1.29 is 0 Å². The summed E-state index contributed by atoms with van der Waals surface area (Å²) in [6.45, 7) is 2.91. The summed E-state index contributed by atoms with van der Waals surface area (Å²) >= 11 is 0. The first-order valence-electron chi connectivity index (χ1n) is 4.69. The number of nitrogen functional groups attached to an aromatic ring is 1. The van der Waals surface area contributed by atoms with Crippen molar-refractivity contribution >= 4 is 22.7 Å². The number of benzene rings is 1. The third-order valence-electron chi connectivity index (χ3n) is 2.38. The van der Waals surface area contributed by atoms with Crippen LogP contribution in [0.15, 0.2) is 18.2 Å². The Bertz CT molecular complexity index is 458. The predicted molar refractivity (Wildman–Crippen MR) is 59.4 cm³/mol. The molecule has 0 aliphatic carbocycles. The molecule has 0 fully saturated rings. The Morgan fingerprint density at radius 2 is 2.29 bits per heavy atom. The smallest absolute Gasteiger partial charge is 0.201 e. The Balaban J connectivity index is 2.68.